The molecular weight excluding hydrogens is 346 g/mol. The Bertz CT molecular complexity index is 937. The van der Waals surface area contributed by atoms with Crippen LogP contribution in [0.25, 0.3) is 0 Å². The number of hydrogen-bond acceptors (Lipinski definition) is 7. The van der Waals surface area contributed by atoms with Crippen LogP contribution in [0.1, 0.15) is 11.3 Å². The van der Waals surface area contributed by atoms with Crippen molar-refractivity contribution in [3.8, 4) is 6.07 Å². The standard InChI is InChI=1S/C15H15N5O4S/c1-11-5-6-15(19-14(11)10-16)17-7-8-18-25(23,24)13-4-2-3-12(9-13)20(21)22/h2-6,9,18H,7-8H2,1H3,(H,17,19). The minimum absolute atomic E-state index is 0.0441. The van der Waals surface area contributed by atoms with Gasteiger partial charge in [-0.05, 0) is 24.6 Å². The van der Waals surface area contributed by atoms with Crippen LogP contribution in [0.15, 0.2) is 41.3 Å². The Hall–Kier alpha value is -3.03. The van der Waals surface area contributed by atoms with Crippen molar-refractivity contribution in [1.29, 1.82) is 5.26 Å². The molecule has 130 valence electrons. The van der Waals surface area contributed by atoms with Crippen LogP contribution in [0.4, 0.5) is 11.5 Å². The van der Waals surface area contributed by atoms with Crippen LogP contribution in [0, 0.1) is 28.4 Å². The number of hydrogen-bond donors (Lipinski definition) is 2. The summed E-state index contributed by atoms with van der Waals surface area (Å²) in [7, 11) is -3.86. The molecule has 0 spiro atoms. The van der Waals surface area contributed by atoms with Crippen molar-refractivity contribution in [3.63, 3.8) is 0 Å². The van der Waals surface area contributed by atoms with Gasteiger partial charge in [0.2, 0.25) is 10.0 Å². The third-order valence-electron chi connectivity index (χ3n) is 3.26. The van der Waals surface area contributed by atoms with Crippen LogP contribution < -0.4 is 10.0 Å². The molecule has 2 rings (SSSR count). The summed E-state index contributed by atoms with van der Waals surface area (Å²) in [6.07, 6.45) is 0. The number of nitriles is 1. The van der Waals surface area contributed by atoms with Gasteiger partial charge in [-0.25, -0.2) is 18.1 Å². The zero-order valence-corrected chi connectivity index (χ0v) is 14.1. The molecule has 0 saturated carbocycles. The Kier molecular flexibility index (Phi) is 5.63. The van der Waals surface area contributed by atoms with Crippen molar-refractivity contribution < 1.29 is 13.3 Å². The number of benzene rings is 1. The molecule has 0 saturated heterocycles. The molecule has 0 unspecified atom stereocenters. The molecule has 0 aliphatic heterocycles. The van der Waals surface area contributed by atoms with E-state index in [1.165, 1.54) is 18.2 Å². The van der Waals surface area contributed by atoms with E-state index in [4.69, 9.17) is 5.26 Å². The maximum Gasteiger partial charge on any atom is 0.270 e. The van der Waals surface area contributed by atoms with Gasteiger partial charge in [-0.15, -0.1) is 0 Å². The second kappa shape index (κ2) is 7.69. The lowest BCUT2D eigenvalue weighted by molar-refractivity contribution is -0.385. The lowest BCUT2D eigenvalue weighted by Gasteiger charge is -2.09. The van der Waals surface area contributed by atoms with Crippen molar-refractivity contribution in [3.05, 3.63) is 57.8 Å². The molecule has 25 heavy (non-hydrogen) atoms. The minimum atomic E-state index is -3.86. The summed E-state index contributed by atoms with van der Waals surface area (Å²) in [4.78, 5) is 14.0. The van der Waals surface area contributed by atoms with Gasteiger partial charge in [0.1, 0.15) is 17.6 Å². The largest absolute Gasteiger partial charge is 0.369 e. The number of nitrogens with one attached hydrogen (secondary N) is 2. The summed E-state index contributed by atoms with van der Waals surface area (Å²) in [5.74, 6) is 0.455. The summed E-state index contributed by atoms with van der Waals surface area (Å²) < 4.78 is 26.6. The highest BCUT2D eigenvalue weighted by atomic mass is 32.2. The molecule has 10 heteroatoms. The quantitative estimate of drug-likeness (QED) is 0.433. The summed E-state index contributed by atoms with van der Waals surface area (Å²) in [5.41, 5.74) is 0.746. The average Bonchev–Trinajstić information content (AvgIpc) is 2.60. The van der Waals surface area contributed by atoms with Gasteiger partial charge in [-0.1, -0.05) is 12.1 Å². The van der Waals surface area contributed by atoms with Crippen molar-refractivity contribution >= 4 is 21.5 Å². The first-order valence-corrected chi connectivity index (χ1v) is 8.67. The number of aryl methyl sites for hydroxylation is 1. The van der Waals surface area contributed by atoms with Gasteiger partial charge in [-0.3, -0.25) is 10.1 Å². The van der Waals surface area contributed by atoms with Crippen LogP contribution in [0.2, 0.25) is 0 Å². The van der Waals surface area contributed by atoms with Crippen molar-refractivity contribution in [1.82, 2.24) is 9.71 Å². The number of nitro groups is 1. The highest BCUT2D eigenvalue weighted by molar-refractivity contribution is 7.89. The van der Waals surface area contributed by atoms with Crippen LogP contribution in [0.5, 0.6) is 0 Å². The molecule has 0 aliphatic carbocycles. The van der Waals surface area contributed by atoms with E-state index in [2.05, 4.69) is 15.0 Å². The molecule has 0 atom stereocenters. The van der Waals surface area contributed by atoms with E-state index >= 15 is 0 Å². The van der Waals surface area contributed by atoms with E-state index in [9.17, 15) is 18.5 Å². The SMILES string of the molecule is Cc1ccc(NCCNS(=O)(=O)c2cccc([N+](=O)[O-])c2)nc1C#N. The third-order valence-corrected chi connectivity index (χ3v) is 4.72. The van der Waals surface area contributed by atoms with Gasteiger partial charge in [0.15, 0.2) is 0 Å². The monoisotopic (exact) mass is 361 g/mol. The number of nitrogens with zero attached hydrogens (tertiary/aromatic N) is 3. The predicted molar refractivity (Wildman–Crippen MR) is 90.5 cm³/mol. The fourth-order valence-corrected chi connectivity index (χ4v) is 3.04. The minimum Gasteiger partial charge on any atom is -0.369 e. The molecule has 1 aromatic carbocycles. The van der Waals surface area contributed by atoms with Gasteiger partial charge < -0.3 is 5.32 Å². The van der Waals surface area contributed by atoms with Crippen molar-refractivity contribution in [2.75, 3.05) is 18.4 Å². The number of rotatable bonds is 7. The molecule has 0 amide bonds. The second-order valence-electron chi connectivity index (χ2n) is 5.05. The van der Waals surface area contributed by atoms with E-state index in [1.54, 1.807) is 19.1 Å². The van der Waals surface area contributed by atoms with Gasteiger partial charge in [0.25, 0.3) is 5.69 Å². The van der Waals surface area contributed by atoms with Crippen LogP contribution >= 0.6 is 0 Å². The van der Waals surface area contributed by atoms with Crippen LogP contribution in [0.3, 0.4) is 0 Å². The fraction of sp³-hybridized carbons (Fsp3) is 0.200. The molecule has 9 nitrogen and oxygen atoms in total. The number of nitro benzene ring substituents is 1. The van der Waals surface area contributed by atoms with E-state index < -0.39 is 14.9 Å². The predicted octanol–water partition coefficient (Wildman–Crippen LogP) is 1.56. The van der Waals surface area contributed by atoms with E-state index in [0.717, 1.165) is 11.6 Å². The van der Waals surface area contributed by atoms with Crippen molar-refractivity contribution in [2.45, 2.75) is 11.8 Å². The maximum atomic E-state index is 12.1. The third kappa shape index (κ3) is 4.72. The Labute approximate surface area is 144 Å². The molecule has 0 aliphatic rings. The number of sulfonamides is 1. The first-order valence-electron chi connectivity index (χ1n) is 7.19. The number of non-ortho nitro benzene ring substituents is 1. The summed E-state index contributed by atoms with van der Waals surface area (Å²) in [6.45, 7) is 2.04. The molecule has 1 heterocycles. The Morgan fingerprint density at radius 1 is 1.28 bits per heavy atom. The lowest BCUT2D eigenvalue weighted by atomic mass is 10.2. The molecule has 0 radical (unpaired) electrons. The molecule has 2 aromatic rings. The molecule has 1 aromatic heterocycles. The topological polar surface area (TPSA) is 138 Å². The van der Waals surface area contributed by atoms with Gasteiger partial charge in [0.05, 0.1) is 9.82 Å². The van der Waals surface area contributed by atoms with E-state index in [1.807, 2.05) is 6.07 Å². The van der Waals surface area contributed by atoms with E-state index in [0.29, 0.717) is 11.5 Å². The summed E-state index contributed by atoms with van der Waals surface area (Å²) in [6, 6.07) is 10.2. The first-order chi connectivity index (χ1) is 11.8. The fourth-order valence-electron chi connectivity index (χ4n) is 1.96. The van der Waals surface area contributed by atoms with Gasteiger partial charge in [0, 0.05) is 25.2 Å². The van der Waals surface area contributed by atoms with Gasteiger partial charge >= 0.3 is 0 Å². The van der Waals surface area contributed by atoms with Crippen molar-refractivity contribution in [2.24, 2.45) is 0 Å². The van der Waals surface area contributed by atoms with Crippen LogP contribution in [-0.2, 0) is 10.0 Å². The normalized spacial score (nSPS) is 10.9. The summed E-state index contributed by atoms with van der Waals surface area (Å²) >= 11 is 0. The molecule has 0 bridgehead atoms. The van der Waals surface area contributed by atoms with E-state index in [-0.39, 0.29) is 23.7 Å². The number of aromatic nitrogens is 1. The molecular formula is C15H15N5O4S. The summed E-state index contributed by atoms with van der Waals surface area (Å²) in [5, 5.41) is 22.6. The smallest absolute Gasteiger partial charge is 0.270 e. The first kappa shape index (κ1) is 18.3. The molecule has 2 N–H and O–H groups in total. The Balaban J connectivity index is 1.96. The average molecular weight is 361 g/mol. The highest BCUT2D eigenvalue weighted by Crippen LogP contribution is 2.17. The number of pyridine rings is 1. The second-order valence-corrected chi connectivity index (χ2v) is 6.82. The lowest BCUT2D eigenvalue weighted by Crippen LogP contribution is -2.29. The number of anilines is 1. The molecule has 0 fully saturated rings. The highest BCUT2D eigenvalue weighted by Gasteiger charge is 2.16. The Morgan fingerprint density at radius 3 is 2.72 bits per heavy atom. The van der Waals surface area contributed by atoms with Gasteiger partial charge in [-0.2, -0.15) is 5.26 Å². The zero-order chi connectivity index (χ0) is 18.4. The Morgan fingerprint density at radius 2 is 2.04 bits per heavy atom. The van der Waals surface area contributed by atoms with Crippen LogP contribution in [-0.4, -0.2) is 31.4 Å². The maximum absolute atomic E-state index is 12.1. The zero-order valence-electron chi connectivity index (χ0n) is 13.3.